The molecular weight excluding hydrogens is 492 g/mol. The van der Waals surface area contributed by atoms with E-state index < -0.39 is 11.8 Å². The number of hydrogen-bond acceptors (Lipinski definition) is 4. The van der Waals surface area contributed by atoms with E-state index in [1.54, 1.807) is 25.1 Å². The van der Waals surface area contributed by atoms with Gasteiger partial charge < -0.3 is 9.84 Å². The van der Waals surface area contributed by atoms with E-state index in [0.717, 1.165) is 12.0 Å². The lowest BCUT2D eigenvalue weighted by Crippen LogP contribution is -2.35. The van der Waals surface area contributed by atoms with Crippen LogP contribution in [0.4, 0.5) is 5.69 Å². The van der Waals surface area contributed by atoms with Crippen LogP contribution in [0.15, 0.2) is 44.9 Å². The molecule has 0 bridgehead atoms. The molecule has 0 saturated carbocycles. The van der Waals surface area contributed by atoms with Gasteiger partial charge in [-0.3, -0.25) is 15.0 Å². The fourth-order valence-electron chi connectivity index (χ4n) is 2.76. The number of carbonyl (C=O) groups is 2. The van der Waals surface area contributed by atoms with E-state index >= 15 is 0 Å². The second-order valence-electron chi connectivity index (χ2n) is 6.03. The molecule has 8 heteroatoms. The molecule has 0 aliphatic carbocycles. The van der Waals surface area contributed by atoms with Crippen LogP contribution < -0.4 is 15.2 Å². The third-order valence-corrected chi connectivity index (χ3v) is 6.43. The second-order valence-corrected chi connectivity index (χ2v) is 7.62. The van der Waals surface area contributed by atoms with E-state index in [4.69, 9.17) is 4.74 Å². The summed E-state index contributed by atoms with van der Waals surface area (Å²) in [6.07, 6.45) is 2.35. The molecule has 2 amide bonds. The van der Waals surface area contributed by atoms with Crippen molar-refractivity contribution in [1.29, 1.82) is 0 Å². The summed E-state index contributed by atoms with van der Waals surface area (Å²) < 4.78 is 6.30. The van der Waals surface area contributed by atoms with Crippen molar-refractivity contribution in [3.8, 4) is 11.5 Å². The van der Waals surface area contributed by atoms with Gasteiger partial charge in [0.15, 0.2) is 11.5 Å². The monoisotopic (exact) mass is 508 g/mol. The SMILES string of the molecule is CCOc1cc(/C=C2/C(=O)NN(c3ccc(CC)cc3)C2=O)c(Br)c(Br)c1O. The van der Waals surface area contributed by atoms with E-state index in [1.165, 1.54) is 11.1 Å². The highest BCUT2D eigenvalue weighted by Gasteiger charge is 2.34. The molecule has 1 aliphatic heterocycles. The van der Waals surface area contributed by atoms with Gasteiger partial charge in [0.25, 0.3) is 11.8 Å². The van der Waals surface area contributed by atoms with Crippen LogP contribution in [0.3, 0.4) is 0 Å². The first-order valence-corrected chi connectivity index (χ1v) is 10.3. The summed E-state index contributed by atoms with van der Waals surface area (Å²) in [5.41, 5.74) is 4.81. The highest BCUT2D eigenvalue weighted by Crippen LogP contribution is 2.42. The van der Waals surface area contributed by atoms with Crippen molar-refractivity contribution >= 4 is 55.4 Å². The van der Waals surface area contributed by atoms with Crippen LogP contribution >= 0.6 is 31.9 Å². The molecule has 6 nitrogen and oxygen atoms in total. The summed E-state index contributed by atoms with van der Waals surface area (Å²) in [6, 6.07) is 8.98. The minimum atomic E-state index is -0.501. The van der Waals surface area contributed by atoms with Gasteiger partial charge in [-0.2, -0.15) is 0 Å². The van der Waals surface area contributed by atoms with Crippen molar-refractivity contribution in [2.24, 2.45) is 0 Å². The number of nitrogens with zero attached hydrogens (tertiary/aromatic N) is 1. The van der Waals surface area contributed by atoms with Gasteiger partial charge in [0, 0.05) is 4.47 Å². The summed E-state index contributed by atoms with van der Waals surface area (Å²) in [5.74, 6) is -0.764. The summed E-state index contributed by atoms with van der Waals surface area (Å²) in [5, 5.41) is 11.4. The van der Waals surface area contributed by atoms with Crippen LogP contribution in [0.1, 0.15) is 25.0 Å². The standard InChI is InChI=1S/C20H18Br2N2O4/c1-3-11-5-7-13(8-6-11)24-20(27)14(19(26)23-24)9-12-10-15(28-4-2)18(25)17(22)16(12)21/h5-10,25H,3-4H2,1-2H3,(H,23,26)/b14-9-. The third kappa shape index (κ3) is 3.79. The van der Waals surface area contributed by atoms with Crippen LogP contribution in [-0.2, 0) is 16.0 Å². The van der Waals surface area contributed by atoms with E-state index in [1.807, 2.05) is 19.1 Å². The number of hydrogen-bond donors (Lipinski definition) is 2. The Balaban J connectivity index is 1.98. The van der Waals surface area contributed by atoms with Gasteiger partial charge in [-0.05, 0) is 80.6 Å². The predicted molar refractivity (Wildman–Crippen MR) is 114 cm³/mol. The van der Waals surface area contributed by atoms with Gasteiger partial charge >= 0.3 is 0 Å². The molecule has 28 heavy (non-hydrogen) atoms. The van der Waals surface area contributed by atoms with Gasteiger partial charge in [-0.25, -0.2) is 5.01 Å². The molecule has 2 N–H and O–H groups in total. The Kier molecular flexibility index (Phi) is 6.10. The molecule has 0 radical (unpaired) electrons. The Morgan fingerprint density at radius 2 is 1.82 bits per heavy atom. The normalized spacial score (nSPS) is 15.3. The highest BCUT2D eigenvalue weighted by molar-refractivity contribution is 9.13. The number of aryl methyl sites for hydroxylation is 1. The lowest BCUT2D eigenvalue weighted by molar-refractivity contribution is -0.117. The van der Waals surface area contributed by atoms with Gasteiger partial charge in [0.1, 0.15) is 5.57 Å². The molecule has 2 aromatic rings. The van der Waals surface area contributed by atoms with Crippen molar-refractivity contribution in [2.45, 2.75) is 20.3 Å². The van der Waals surface area contributed by atoms with Crippen LogP contribution in [0.5, 0.6) is 11.5 Å². The number of amides is 2. The summed E-state index contributed by atoms with van der Waals surface area (Å²) in [6.45, 7) is 4.20. The Labute approximate surface area is 179 Å². The first-order chi connectivity index (χ1) is 13.4. The summed E-state index contributed by atoms with van der Waals surface area (Å²) >= 11 is 6.67. The first kappa shape index (κ1) is 20.4. The number of anilines is 1. The number of phenolic OH excluding ortho intramolecular Hbond substituents is 1. The Morgan fingerprint density at radius 3 is 2.43 bits per heavy atom. The molecule has 1 heterocycles. The zero-order chi connectivity index (χ0) is 20.4. The van der Waals surface area contributed by atoms with Crippen LogP contribution in [0, 0.1) is 0 Å². The molecule has 0 unspecified atom stereocenters. The lowest BCUT2D eigenvalue weighted by atomic mass is 10.1. The van der Waals surface area contributed by atoms with E-state index in [9.17, 15) is 14.7 Å². The van der Waals surface area contributed by atoms with Crippen molar-refractivity contribution in [3.05, 3.63) is 56.0 Å². The smallest absolute Gasteiger partial charge is 0.282 e. The molecular formula is C20H18Br2N2O4. The number of rotatable bonds is 5. The third-order valence-electron chi connectivity index (χ3n) is 4.27. The second kappa shape index (κ2) is 8.36. The number of phenols is 1. The number of halogens is 2. The minimum absolute atomic E-state index is 0.0136. The number of ether oxygens (including phenoxy) is 1. The fraction of sp³-hybridized carbons (Fsp3) is 0.200. The number of hydrazine groups is 1. The molecule has 0 spiro atoms. The molecule has 1 aliphatic rings. The Morgan fingerprint density at radius 1 is 1.14 bits per heavy atom. The molecule has 3 rings (SSSR count). The van der Waals surface area contributed by atoms with Crippen molar-refractivity contribution in [1.82, 2.24) is 5.43 Å². The van der Waals surface area contributed by atoms with Gasteiger partial charge in [0.05, 0.1) is 16.8 Å². The van der Waals surface area contributed by atoms with Gasteiger partial charge in [0.2, 0.25) is 0 Å². The topological polar surface area (TPSA) is 78.9 Å². The molecule has 2 aromatic carbocycles. The average molecular weight is 510 g/mol. The van der Waals surface area contributed by atoms with E-state index in [0.29, 0.717) is 26.8 Å². The lowest BCUT2D eigenvalue weighted by Gasteiger charge is -2.15. The Bertz CT molecular complexity index is 971. The average Bonchev–Trinajstić information content (AvgIpc) is 2.98. The minimum Gasteiger partial charge on any atom is -0.503 e. The molecule has 146 valence electrons. The quantitative estimate of drug-likeness (QED) is 0.464. The molecule has 0 aromatic heterocycles. The number of nitrogens with one attached hydrogen (secondary N) is 1. The molecule has 1 saturated heterocycles. The summed E-state index contributed by atoms with van der Waals surface area (Å²) in [7, 11) is 0. The predicted octanol–water partition coefficient (Wildman–Crippen LogP) is 4.34. The number of benzene rings is 2. The van der Waals surface area contributed by atoms with E-state index in [-0.39, 0.29) is 17.1 Å². The fourth-order valence-corrected chi connectivity index (χ4v) is 3.60. The number of carbonyl (C=O) groups excluding carboxylic acids is 2. The molecule has 0 atom stereocenters. The molecule has 1 fully saturated rings. The zero-order valence-electron chi connectivity index (χ0n) is 15.3. The van der Waals surface area contributed by atoms with Crippen molar-refractivity contribution < 1.29 is 19.4 Å². The van der Waals surface area contributed by atoms with Crippen molar-refractivity contribution in [3.63, 3.8) is 0 Å². The van der Waals surface area contributed by atoms with Crippen LogP contribution in [-0.4, -0.2) is 23.5 Å². The maximum Gasteiger partial charge on any atom is 0.282 e. The maximum absolute atomic E-state index is 12.8. The Hall–Kier alpha value is -2.32. The van der Waals surface area contributed by atoms with Crippen LogP contribution in [0.2, 0.25) is 0 Å². The van der Waals surface area contributed by atoms with Crippen molar-refractivity contribution in [2.75, 3.05) is 11.6 Å². The highest BCUT2D eigenvalue weighted by atomic mass is 79.9. The number of aromatic hydroxyl groups is 1. The first-order valence-electron chi connectivity index (χ1n) is 8.67. The largest absolute Gasteiger partial charge is 0.503 e. The van der Waals surface area contributed by atoms with Gasteiger partial charge in [-0.1, -0.05) is 19.1 Å². The van der Waals surface area contributed by atoms with E-state index in [2.05, 4.69) is 37.3 Å². The van der Waals surface area contributed by atoms with Gasteiger partial charge in [-0.15, -0.1) is 0 Å². The van der Waals surface area contributed by atoms with Crippen LogP contribution in [0.25, 0.3) is 6.08 Å². The maximum atomic E-state index is 12.8. The summed E-state index contributed by atoms with van der Waals surface area (Å²) in [4.78, 5) is 25.2. The zero-order valence-corrected chi connectivity index (χ0v) is 18.4.